The molecule has 1 rings (SSSR count). The second-order valence-corrected chi connectivity index (χ2v) is 4.67. The van der Waals surface area contributed by atoms with Crippen molar-refractivity contribution in [2.24, 2.45) is 0 Å². The summed E-state index contributed by atoms with van der Waals surface area (Å²) in [6, 6.07) is 0.366. The Morgan fingerprint density at radius 3 is 2.19 bits per heavy atom. The lowest BCUT2D eigenvalue weighted by Crippen LogP contribution is -2.12. The van der Waals surface area contributed by atoms with Gasteiger partial charge in [-0.05, 0) is 25.7 Å². The van der Waals surface area contributed by atoms with Crippen LogP contribution in [0.2, 0.25) is 0 Å². The lowest BCUT2D eigenvalue weighted by Gasteiger charge is -2.10. The molecule has 7 heteroatoms. The minimum absolute atomic E-state index is 0.366. The van der Waals surface area contributed by atoms with Crippen molar-refractivity contribution in [3.63, 3.8) is 0 Å². The number of ether oxygens (including phenoxy) is 2. The number of anilines is 2. The van der Waals surface area contributed by atoms with E-state index in [9.17, 15) is 0 Å². The average molecular weight is 297 g/mol. The first-order valence-corrected chi connectivity index (χ1v) is 7.65. The van der Waals surface area contributed by atoms with E-state index in [1.807, 2.05) is 6.92 Å². The van der Waals surface area contributed by atoms with Gasteiger partial charge in [-0.1, -0.05) is 13.8 Å². The van der Waals surface area contributed by atoms with Gasteiger partial charge in [0.15, 0.2) is 0 Å². The Labute approximate surface area is 126 Å². The molecule has 0 bridgehead atoms. The van der Waals surface area contributed by atoms with Gasteiger partial charge in [0.05, 0.1) is 6.61 Å². The molecule has 0 atom stereocenters. The van der Waals surface area contributed by atoms with Gasteiger partial charge in [0.2, 0.25) is 11.9 Å². The zero-order chi connectivity index (χ0) is 15.3. The molecule has 1 aromatic heterocycles. The number of hydrogen-bond donors (Lipinski definition) is 2. The maximum absolute atomic E-state index is 5.50. The lowest BCUT2D eigenvalue weighted by molar-refractivity contribution is 0.193. The Morgan fingerprint density at radius 2 is 1.57 bits per heavy atom. The Morgan fingerprint density at radius 1 is 0.857 bits per heavy atom. The smallest absolute Gasteiger partial charge is 0.323 e. The molecule has 0 aromatic carbocycles. The van der Waals surface area contributed by atoms with Crippen LogP contribution >= 0.6 is 0 Å². The van der Waals surface area contributed by atoms with Crippen LogP contribution in [0.15, 0.2) is 0 Å². The third-order valence-electron chi connectivity index (χ3n) is 2.64. The quantitative estimate of drug-likeness (QED) is 0.573. The van der Waals surface area contributed by atoms with Gasteiger partial charge in [0.25, 0.3) is 0 Å². The highest BCUT2D eigenvalue weighted by molar-refractivity contribution is 5.35. The summed E-state index contributed by atoms with van der Waals surface area (Å²) in [4.78, 5) is 12.9. The summed E-state index contributed by atoms with van der Waals surface area (Å²) >= 11 is 0. The highest BCUT2D eigenvalue weighted by atomic mass is 16.5. The molecule has 7 nitrogen and oxygen atoms in total. The van der Waals surface area contributed by atoms with Crippen molar-refractivity contribution < 1.29 is 9.47 Å². The molecule has 0 spiro atoms. The predicted octanol–water partition coefficient (Wildman–Crippen LogP) is 2.32. The Balaban J connectivity index is 2.57. The zero-order valence-corrected chi connectivity index (χ0v) is 13.3. The molecule has 0 unspecified atom stereocenters. The van der Waals surface area contributed by atoms with Gasteiger partial charge in [-0.2, -0.15) is 15.0 Å². The minimum atomic E-state index is 0.366. The van der Waals surface area contributed by atoms with E-state index < -0.39 is 0 Å². The molecule has 1 aromatic rings. The number of aromatic nitrogens is 3. The Hall–Kier alpha value is -1.63. The van der Waals surface area contributed by atoms with Crippen molar-refractivity contribution in [2.75, 3.05) is 44.0 Å². The van der Waals surface area contributed by atoms with Crippen LogP contribution in [0.4, 0.5) is 11.9 Å². The predicted molar refractivity (Wildman–Crippen MR) is 84.0 cm³/mol. The third-order valence-corrected chi connectivity index (χ3v) is 2.64. The normalized spacial score (nSPS) is 10.4. The number of unbranched alkanes of at least 4 members (excludes halogenated alkanes) is 1. The van der Waals surface area contributed by atoms with E-state index in [1.165, 1.54) is 0 Å². The van der Waals surface area contributed by atoms with Crippen LogP contribution in [0.25, 0.3) is 0 Å². The van der Waals surface area contributed by atoms with Gasteiger partial charge in [-0.25, -0.2) is 0 Å². The summed E-state index contributed by atoms with van der Waals surface area (Å²) in [5.74, 6) is 1.10. The van der Waals surface area contributed by atoms with Crippen LogP contribution in [0.1, 0.15) is 39.5 Å². The van der Waals surface area contributed by atoms with Crippen molar-refractivity contribution in [3.8, 4) is 6.01 Å². The fourth-order valence-electron chi connectivity index (χ4n) is 1.58. The Bertz CT molecular complexity index is 363. The van der Waals surface area contributed by atoms with Gasteiger partial charge in [0.1, 0.15) is 0 Å². The zero-order valence-electron chi connectivity index (χ0n) is 13.3. The van der Waals surface area contributed by atoms with E-state index in [2.05, 4.69) is 32.5 Å². The molecule has 0 aliphatic carbocycles. The molecule has 0 saturated carbocycles. The molecular weight excluding hydrogens is 270 g/mol. The largest absolute Gasteiger partial charge is 0.463 e. The number of nitrogens with zero attached hydrogens (tertiary/aromatic N) is 3. The third kappa shape index (κ3) is 7.65. The summed E-state index contributed by atoms with van der Waals surface area (Å²) in [7, 11) is 1.71. The molecule has 0 amide bonds. The molecule has 21 heavy (non-hydrogen) atoms. The van der Waals surface area contributed by atoms with Crippen molar-refractivity contribution in [3.05, 3.63) is 0 Å². The summed E-state index contributed by atoms with van der Waals surface area (Å²) in [6.45, 7) is 7.14. The fraction of sp³-hybridized carbons (Fsp3) is 0.786. The van der Waals surface area contributed by atoms with Gasteiger partial charge in [-0.15, -0.1) is 0 Å². The van der Waals surface area contributed by atoms with E-state index in [4.69, 9.17) is 9.47 Å². The average Bonchev–Trinajstić information content (AvgIpc) is 2.50. The van der Waals surface area contributed by atoms with Crippen LogP contribution in [-0.4, -0.2) is 48.4 Å². The molecule has 0 fully saturated rings. The van der Waals surface area contributed by atoms with Crippen molar-refractivity contribution >= 4 is 11.9 Å². The van der Waals surface area contributed by atoms with Crippen molar-refractivity contribution in [2.45, 2.75) is 39.5 Å². The number of rotatable bonds is 12. The van der Waals surface area contributed by atoms with Gasteiger partial charge in [-0.3, -0.25) is 0 Å². The SMILES string of the molecule is CCCNc1nc(NCCCCOC)nc(OCCC)n1. The second-order valence-electron chi connectivity index (χ2n) is 4.67. The topological polar surface area (TPSA) is 81.2 Å². The Kier molecular flexibility index (Phi) is 9.19. The highest BCUT2D eigenvalue weighted by Crippen LogP contribution is 2.11. The maximum Gasteiger partial charge on any atom is 0.323 e. The highest BCUT2D eigenvalue weighted by Gasteiger charge is 2.06. The maximum atomic E-state index is 5.50. The van der Waals surface area contributed by atoms with Gasteiger partial charge >= 0.3 is 6.01 Å². The number of nitrogens with one attached hydrogen (secondary N) is 2. The van der Waals surface area contributed by atoms with E-state index in [0.29, 0.717) is 24.5 Å². The molecular formula is C14H27N5O2. The minimum Gasteiger partial charge on any atom is -0.463 e. The summed E-state index contributed by atoms with van der Waals surface area (Å²) < 4.78 is 10.5. The van der Waals surface area contributed by atoms with Gasteiger partial charge in [0, 0.05) is 26.8 Å². The van der Waals surface area contributed by atoms with E-state index in [-0.39, 0.29) is 0 Å². The van der Waals surface area contributed by atoms with Crippen molar-refractivity contribution in [1.82, 2.24) is 15.0 Å². The van der Waals surface area contributed by atoms with Crippen LogP contribution in [0, 0.1) is 0 Å². The monoisotopic (exact) mass is 297 g/mol. The number of methoxy groups -OCH3 is 1. The second kappa shape index (κ2) is 11.1. The van der Waals surface area contributed by atoms with Crippen LogP contribution in [-0.2, 0) is 4.74 Å². The molecule has 2 N–H and O–H groups in total. The number of hydrogen-bond acceptors (Lipinski definition) is 7. The van der Waals surface area contributed by atoms with E-state index >= 15 is 0 Å². The van der Waals surface area contributed by atoms with E-state index in [0.717, 1.165) is 45.4 Å². The first-order chi connectivity index (χ1) is 10.3. The molecule has 1 heterocycles. The summed E-state index contributed by atoms with van der Waals surface area (Å²) in [5.41, 5.74) is 0. The molecule has 0 radical (unpaired) electrons. The first kappa shape index (κ1) is 17.4. The molecule has 0 aliphatic rings. The van der Waals surface area contributed by atoms with Gasteiger partial charge < -0.3 is 20.1 Å². The molecule has 0 saturated heterocycles. The summed E-state index contributed by atoms with van der Waals surface area (Å²) in [6.07, 6.45) is 3.94. The molecule has 0 aliphatic heterocycles. The first-order valence-electron chi connectivity index (χ1n) is 7.65. The van der Waals surface area contributed by atoms with Crippen molar-refractivity contribution in [1.29, 1.82) is 0 Å². The lowest BCUT2D eigenvalue weighted by atomic mass is 10.3. The molecule has 120 valence electrons. The fourth-order valence-corrected chi connectivity index (χ4v) is 1.58. The van der Waals surface area contributed by atoms with Crippen LogP contribution < -0.4 is 15.4 Å². The van der Waals surface area contributed by atoms with Crippen LogP contribution in [0.3, 0.4) is 0 Å². The van der Waals surface area contributed by atoms with E-state index in [1.54, 1.807) is 7.11 Å². The van der Waals surface area contributed by atoms with Crippen LogP contribution in [0.5, 0.6) is 6.01 Å². The summed E-state index contributed by atoms with van der Waals surface area (Å²) in [5, 5.41) is 6.36. The standard InChI is InChI=1S/C14H27N5O2/c1-4-8-15-12-17-13(16-9-6-7-11-20-3)19-14(18-12)21-10-5-2/h4-11H2,1-3H3,(H2,15,16,17,18,19).